The van der Waals surface area contributed by atoms with E-state index in [1.54, 1.807) is 6.07 Å². The molecule has 0 radical (unpaired) electrons. The van der Waals surface area contributed by atoms with Crippen molar-refractivity contribution in [2.45, 2.75) is 13.0 Å². The average Bonchev–Trinajstić information content (AvgIpc) is 2.46. The van der Waals surface area contributed by atoms with Crippen LogP contribution in [-0.4, -0.2) is 40.6 Å². The van der Waals surface area contributed by atoms with Gasteiger partial charge in [0.05, 0.1) is 22.2 Å². The first kappa shape index (κ1) is 13.5. The van der Waals surface area contributed by atoms with Crippen LogP contribution in [0, 0.1) is 10.1 Å². The number of piperazine rings is 1. The minimum absolute atomic E-state index is 0.0601. The molecular formula is C13H15N5O3. The Morgan fingerprint density at radius 1 is 1.48 bits per heavy atom. The lowest BCUT2D eigenvalue weighted by atomic mass is 10.1. The number of nitro groups is 1. The number of hydrogen-bond donors (Lipinski definition) is 2. The molecule has 1 aliphatic heterocycles. The fourth-order valence-corrected chi connectivity index (χ4v) is 2.64. The molecule has 0 unspecified atom stereocenters. The molecule has 3 rings (SSSR count). The van der Waals surface area contributed by atoms with Gasteiger partial charge in [0.15, 0.2) is 0 Å². The summed E-state index contributed by atoms with van der Waals surface area (Å²) in [4.78, 5) is 31.1. The van der Waals surface area contributed by atoms with Crippen LogP contribution in [-0.2, 0) is 0 Å². The Bertz CT molecular complexity index is 757. The minimum atomic E-state index is -0.450. The number of aromatic nitrogens is 2. The molecular weight excluding hydrogens is 274 g/mol. The monoisotopic (exact) mass is 289 g/mol. The highest BCUT2D eigenvalue weighted by Gasteiger charge is 2.25. The quantitative estimate of drug-likeness (QED) is 0.620. The van der Waals surface area contributed by atoms with Gasteiger partial charge >= 0.3 is 0 Å². The van der Waals surface area contributed by atoms with Crippen LogP contribution in [0.2, 0.25) is 0 Å². The van der Waals surface area contributed by atoms with Crippen LogP contribution in [0.1, 0.15) is 6.92 Å². The van der Waals surface area contributed by atoms with E-state index in [1.807, 2.05) is 11.8 Å². The van der Waals surface area contributed by atoms with Crippen molar-refractivity contribution in [3.63, 3.8) is 0 Å². The number of anilines is 1. The number of fused-ring (bicyclic) bond motifs is 1. The van der Waals surface area contributed by atoms with Crippen molar-refractivity contribution in [3.8, 4) is 0 Å². The Labute approximate surface area is 119 Å². The number of H-pyrrole nitrogens is 1. The molecule has 8 nitrogen and oxygen atoms in total. The second kappa shape index (κ2) is 5.13. The summed E-state index contributed by atoms with van der Waals surface area (Å²) in [5.74, 6) is 0. The van der Waals surface area contributed by atoms with Gasteiger partial charge in [0.25, 0.3) is 11.2 Å². The number of nitrogens with zero attached hydrogens (tertiary/aromatic N) is 3. The van der Waals surface area contributed by atoms with Crippen LogP contribution in [0.3, 0.4) is 0 Å². The number of nitro benzene ring substituents is 1. The first-order valence-electron chi connectivity index (χ1n) is 6.70. The number of nitrogens with one attached hydrogen (secondary N) is 2. The zero-order valence-electron chi connectivity index (χ0n) is 11.5. The smallest absolute Gasteiger partial charge is 0.293 e. The second-order valence-electron chi connectivity index (χ2n) is 5.15. The van der Waals surface area contributed by atoms with E-state index in [0.29, 0.717) is 24.3 Å². The molecule has 2 heterocycles. The van der Waals surface area contributed by atoms with E-state index in [1.165, 1.54) is 12.4 Å². The average molecular weight is 289 g/mol. The molecule has 1 atom stereocenters. The Hall–Kier alpha value is -2.48. The van der Waals surface area contributed by atoms with Crippen molar-refractivity contribution in [2.75, 3.05) is 24.5 Å². The maximum absolute atomic E-state index is 11.8. The van der Waals surface area contributed by atoms with Gasteiger partial charge in [-0.15, -0.1) is 0 Å². The maximum Gasteiger partial charge on any atom is 0.293 e. The van der Waals surface area contributed by atoms with Crippen LogP contribution in [0.5, 0.6) is 0 Å². The normalized spacial score (nSPS) is 18.9. The van der Waals surface area contributed by atoms with Crippen LogP contribution < -0.4 is 15.8 Å². The summed E-state index contributed by atoms with van der Waals surface area (Å²) in [5, 5.41) is 14.9. The molecule has 2 aromatic rings. The standard InChI is InChI=1S/C13H15N5O3/c1-8-6-17(3-2-14-8)11-5-10-9(4-12(11)18(20)21)13(19)16-7-15-10/h4-5,7-8,14H,2-3,6H2,1H3,(H,15,16,19)/t8-/m0/s1. The van der Waals surface area contributed by atoms with Crippen molar-refractivity contribution in [1.29, 1.82) is 0 Å². The molecule has 1 saturated heterocycles. The van der Waals surface area contributed by atoms with Gasteiger partial charge in [0.2, 0.25) is 0 Å². The first-order valence-corrected chi connectivity index (χ1v) is 6.70. The van der Waals surface area contributed by atoms with Gasteiger partial charge in [0, 0.05) is 31.7 Å². The molecule has 0 bridgehead atoms. The van der Waals surface area contributed by atoms with E-state index in [-0.39, 0.29) is 22.7 Å². The summed E-state index contributed by atoms with van der Waals surface area (Å²) in [6, 6.07) is 3.19. The highest BCUT2D eigenvalue weighted by Crippen LogP contribution is 2.31. The number of benzene rings is 1. The molecule has 8 heteroatoms. The third-order valence-corrected chi connectivity index (χ3v) is 3.64. The van der Waals surface area contributed by atoms with Crippen molar-refractivity contribution in [3.05, 3.63) is 38.9 Å². The molecule has 0 saturated carbocycles. The topological polar surface area (TPSA) is 104 Å². The van der Waals surface area contributed by atoms with Gasteiger partial charge in [0.1, 0.15) is 5.69 Å². The van der Waals surface area contributed by atoms with Gasteiger partial charge in [-0.3, -0.25) is 14.9 Å². The minimum Gasteiger partial charge on any atom is -0.363 e. The van der Waals surface area contributed by atoms with E-state index in [4.69, 9.17) is 0 Å². The SMILES string of the molecule is C[C@H]1CN(c2cc3nc[nH]c(=O)c3cc2[N+](=O)[O-])CCN1. The largest absolute Gasteiger partial charge is 0.363 e. The predicted octanol–water partition coefficient (Wildman–Crippen LogP) is 0.629. The second-order valence-corrected chi connectivity index (χ2v) is 5.15. The van der Waals surface area contributed by atoms with Gasteiger partial charge in [-0.05, 0) is 13.0 Å². The number of rotatable bonds is 2. The van der Waals surface area contributed by atoms with Gasteiger partial charge in [-0.1, -0.05) is 0 Å². The van der Waals surface area contributed by atoms with E-state index < -0.39 is 4.92 Å². The number of aromatic amines is 1. The third kappa shape index (κ3) is 2.45. The third-order valence-electron chi connectivity index (χ3n) is 3.64. The summed E-state index contributed by atoms with van der Waals surface area (Å²) < 4.78 is 0. The number of hydrogen-bond acceptors (Lipinski definition) is 6. The van der Waals surface area contributed by atoms with Crippen LogP contribution in [0.15, 0.2) is 23.3 Å². The molecule has 0 amide bonds. The van der Waals surface area contributed by atoms with Crippen molar-refractivity contribution in [1.82, 2.24) is 15.3 Å². The van der Waals surface area contributed by atoms with E-state index in [0.717, 1.165) is 6.54 Å². The van der Waals surface area contributed by atoms with Gasteiger partial charge in [-0.25, -0.2) is 4.98 Å². The molecule has 1 aromatic heterocycles. The van der Waals surface area contributed by atoms with Crippen LogP contribution >= 0.6 is 0 Å². The summed E-state index contributed by atoms with van der Waals surface area (Å²) in [7, 11) is 0. The van der Waals surface area contributed by atoms with Gasteiger partial charge in [-0.2, -0.15) is 0 Å². The molecule has 110 valence electrons. The Morgan fingerprint density at radius 2 is 2.29 bits per heavy atom. The Balaban J connectivity index is 2.18. The Morgan fingerprint density at radius 3 is 3.00 bits per heavy atom. The van der Waals surface area contributed by atoms with E-state index >= 15 is 0 Å². The fourth-order valence-electron chi connectivity index (χ4n) is 2.64. The molecule has 0 spiro atoms. The van der Waals surface area contributed by atoms with Crippen LogP contribution in [0.25, 0.3) is 10.9 Å². The fraction of sp³-hybridized carbons (Fsp3) is 0.385. The van der Waals surface area contributed by atoms with Crippen LogP contribution in [0.4, 0.5) is 11.4 Å². The molecule has 1 aliphatic rings. The summed E-state index contributed by atoms with van der Waals surface area (Å²) in [5.41, 5.74) is 0.544. The van der Waals surface area contributed by atoms with E-state index in [9.17, 15) is 14.9 Å². The van der Waals surface area contributed by atoms with Crippen molar-refractivity contribution in [2.24, 2.45) is 0 Å². The summed E-state index contributed by atoms with van der Waals surface area (Å²) >= 11 is 0. The highest BCUT2D eigenvalue weighted by molar-refractivity contribution is 5.87. The maximum atomic E-state index is 11.8. The molecule has 0 aliphatic carbocycles. The highest BCUT2D eigenvalue weighted by atomic mass is 16.6. The molecule has 1 fully saturated rings. The summed E-state index contributed by atoms with van der Waals surface area (Å²) in [6.07, 6.45) is 1.31. The summed E-state index contributed by atoms with van der Waals surface area (Å²) in [6.45, 7) is 4.15. The molecule has 21 heavy (non-hydrogen) atoms. The molecule has 2 N–H and O–H groups in total. The lowest BCUT2D eigenvalue weighted by Gasteiger charge is -2.33. The lowest BCUT2D eigenvalue weighted by molar-refractivity contribution is -0.384. The first-order chi connectivity index (χ1) is 10.1. The Kier molecular flexibility index (Phi) is 3.30. The van der Waals surface area contributed by atoms with E-state index in [2.05, 4.69) is 15.3 Å². The molecule has 1 aromatic carbocycles. The van der Waals surface area contributed by atoms with Crippen molar-refractivity contribution >= 4 is 22.3 Å². The zero-order chi connectivity index (χ0) is 15.0. The predicted molar refractivity (Wildman–Crippen MR) is 78.7 cm³/mol. The lowest BCUT2D eigenvalue weighted by Crippen LogP contribution is -2.49. The van der Waals surface area contributed by atoms with Crippen molar-refractivity contribution < 1.29 is 4.92 Å². The zero-order valence-corrected chi connectivity index (χ0v) is 11.5. The van der Waals surface area contributed by atoms with Gasteiger partial charge < -0.3 is 15.2 Å².